The quantitative estimate of drug-likeness (QED) is 0.241. The first-order valence-electron chi connectivity index (χ1n) is 9.83. The number of nitrogens with zero attached hydrogens (tertiary/aromatic N) is 2. The number of para-hydroxylation sites is 2. The maximum absolute atomic E-state index is 12.1. The Labute approximate surface area is 184 Å². The number of carbonyl (C=O) groups excluding carboxylic acids is 1. The van der Waals surface area contributed by atoms with Crippen LogP contribution in [-0.4, -0.2) is 27.8 Å². The summed E-state index contributed by atoms with van der Waals surface area (Å²) in [6, 6.07) is 23.6. The molecule has 156 valence electrons. The molecule has 0 aliphatic heterocycles. The van der Waals surface area contributed by atoms with E-state index in [1.165, 1.54) is 17.3 Å². The van der Waals surface area contributed by atoms with E-state index in [4.69, 9.17) is 4.74 Å². The first-order chi connectivity index (χ1) is 15.2. The van der Waals surface area contributed by atoms with Gasteiger partial charge in [-0.1, -0.05) is 65.9 Å². The smallest absolute Gasteiger partial charge is 0.250 e. The number of hydrogen-bond acceptors (Lipinski definition) is 5. The van der Waals surface area contributed by atoms with Crippen molar-refractivity contribution in [1.82, 2.24) is 15.4 Å². The number of H-pyrrole nitrogens is 1. The van der Waals surface area contributed by atoms with E-state index in [1.54, 1.807) is 6.21 Å². The SMILES string of the molecule is Cc1cccc(COc2cccc(/C=N/NC(=O)CSc3nc4ccccc4[nH]3)c2)c1. The molecule has 0 saturated heterocycles. The number of aromatic amines is 1. The highest BCUT2D eigenvalue weighted by molar-refractivity contribution is 7.99. The fraction of sp³-hybridized carbons (Fsp3) is 0.125. The number of ether oxygens (including phenoxy) is 1. The number of thioether (sulfide) groups is 1. The second kappa shape index (κ2) is 9.95. The Morgan fingerprint density at radius 2 is 2.00 bits per heavy atom. The number of imidazole rings is 1. The lowest BCUT2D eigenvalue weighted by atomic mass is 10.1. The molecule has 0 saturated carbocycles. The van der Waals surface area contributed by atoms with Gasteiger partial charge in [0.2, 0.25) is 0 Å². The molecule has 7 heteroatoms. The van der Waals surface area contributed by atoms with Crippen LogP contribution in [0.4, 0.5) is 0 Å². The van der Waals surface area contributed by atoms with Gasteiger partial charge in [0.25, 0.3) is 5.91 Å². The molecular weight excluding hydrogens is 408 g/mol. The van der Waals surface area contributed by atoms with Gasteiger partial charge in [0, 0.05) is 0 Å². The summed E-state index contributed by atoms with van der Waals surface area (Å²) in [6.45, 7) is 2.56. The molecular formula is C24H22N4O2S. The molecule has 0 unspecified atom stereocenters. The van der Waals surface area contributed by atoms with Crippen molar-refractivity contribution >= 4 is 34.9 Å². The van der Waals surface area contributed by atoms with Gasteiger partial charge in [0.05, 0.1) is 23.0 Å². The second-order valence-electron chi connectivity index (χ2n) is 6.99. The fourth-order valence-electron chi connectivity index (χ4n) is 3.00. The first-order valence-corrected chi connectivity index (χ1v) is 10.8. The largest absolute Gasteiger partial charge is 0.489 e. The van der Waals surface area contributed by atoms with E-state index in [1.807, 2.05) is 60.7 Å². The Kier molecular flexibility index (Phi) is 6.64. The van der Waals surface area contributed by atoms with Crippen molar-refractivity contribution < 1.29 is 9.53 Å². The van der Waals surface area contributed by atoms with Gasteiger partial charge in [-0.05, 0) is 42.3 Å². The molecule has 2 N–H and O–H groups in total. The molecule has 0 atom stereocenters. The Morgan fingerprint density at radius 3 is 2.87 bits per heavy atom. The van der Waals surface area contributed by atoms with Gasteiger partial charge in [0.15, 0.2) is 5.16 Å². The van der Waals surface area contributed by atoms with Gasteiger partial charge in [-0.2, -0.15) is 5.10 Å². The standard InChI is InChI=1S/C24H22N4O2S/c1-17-6-4-8-19(12-17)15-30-20-9-5-7-18(13-20)14-25-28-23(29)16-31-24-26-21-10-2-3-11-22(21)27-24/h2-14H,15-16H2,1H3,(H,26,27)(H,28,29)/b25-14+. The normalized spacial score (nSPS) is 11.1. The number of hydrazone groups is 1. The third-order valence-electron chi connectivity index (χ3n) is 4.46. The minimum Gasteiger partial charge on any atom is -0.489 e. The highest BCUT2D eigenvalue weighted by Gasteiger charge is 2.06. The van der Waals surface area contributed by atoms with Crippen LogP contribution in [0.2, 0.25) is 0 Å². The molecule has 31 heavy (non-hydrogen) atoms. The third-order valence-corrected chi connectivity index (χ3v) is 5.33. The Hall–Kier alpha value is -3.58. The summed E-state index contributed by atoms with van der Waals surface area (Å²) < 4.78 is 5.86. The summed E-state index contributed by atoms with van der Waals surface area (Å²) in [4.78, 5) is 19.7. The maximum atomic E-state index is 12.1. The minimum absolute atomic E-state index is 0.200. The fourth-order valence-corrected chi connectivity index (χ4v) is 3.67. The van der Waals surface area contributed by atoms with E-state index in [-0.39, 0.29) is 11.7 Å². The predicted octanol–water partition coefficient (Wildman–Crippen LogP) is 4.69. The van der Waals surface area contributed by atoms with Crippen molar-refractivity contribution in [2.45, 2.75) is 18.7 Å². The Balaban J connectivity index is 1.26. The molecule has 4 aromatic rings. The third kappa shape index (κ3) is 5.96. The van der Waals surface area contributed by atoms with Crippen LogP contribution in [0.3, 0.4) is 0 Å². The minimum atomic E-state index is -0.200. The molecule has 0 fully saturated rings. The molecule has 1 amide bonds. The van der Waals surface area contributed by atoms with E-state index in [0.717, 1.165) is 27.9 Å². The molecule has 0 bridgehead atoms. The number of nitrogens with one attached hydrogen (secondary N) is 2. The summed E-state index contributed by atoms with van der Waals surface area (Å²) in [5.41, 5.74) is 7.54. The summed E-state index contributed by atoms with van der Waals surface area (Å²) in [5.74, 6) is 0.766. The molecule has 1 heterocycles. The highest BCUT2D eigenvalue weighted by atomic mass is 32.2. The van der Waals surface area contributed by atoms with Gasteiger partial charge in [-0.25, -0.2) is 10.4 Å². The number of carbonyl (C=O) groups is 1. The Bertz CT molecular complexity index is 1190. The molecule has 0 spiro atoms. The van der Waals surface area contributed by atoms with Gasteiger partial charge in [-0.3, -0.25) is 4.79 Å². The topological polar surface area (TPSA) is 79.4 Å². The van der Waals surface area contributed by atoms with Crippen molar-refractivity contribution in [3.63, 3.8) is 0 Å². The number of rotatable bonds is 8. The van der Waals surface area contributed by atoms with Crippen LogP contribution in [0.1, 0.15) is 16.7 Å². The molecule has 6 nitrogen and oxygen atoms in total. The molecule has 0 aliphatic carbocycles. The van der Waals surface area contributed by atoms with E-state index < -0.39 is 0 Å². The van der Waals surface area contributed by atoms with Gasteiger partial charge < -0.3 is 9.72 Å². The van der Waals surface area contributed by atoms with E-state index in [2.05, 4.69) is 39.6 Å². The molecule has 4 rings (SSSR count). The lowest BCUT2D eigenvalue weighted by molar-refractivity contribution is -0.118. The van der Waals surface area contributed by atoms with Crippen LogP contribution < -0.4 is 10.2 Å². The van der Waals surface area contributed by atoms with Crippen LogP contribution in [0.25, 0.3) is 11.0 Å². The van der Waals surface area contributed by atoms with Gasteiger partial charge >= 0.3 is 0 Å². The van der Waals surface area contributed by atoms with Crippen LogP contribution in [0.5, 0.6) is 5.75 Å². The summed E-state index contributed by atoms with van der Waals surface area (Å²) in [6.07, 6.45) is 1.60. The molecule has 0 radical (unpaired) electrons. The van der Waals surface area contributed by atoms with Crippen LogP contribution in [-0.2, 0) is 11.4 Å². The van der Waals surface area contributed by atoms with Gasteiger partial charge in [0.1, 0.15) is 12.4 Å². The Morgan fingerprint density at radius 1 is 1.13 bits per heavy atom. The first kappa shape index (κ1) is 20.7. The van der Waals surface area contributed by atoms with E-state index in [0.29, 0.717) is 11.8 Å². The summed E-state index contributed by atoms with van der Waals surface area (Å²) >= 11 is 1.34. The van der Waals surface area contributed by atoms with E-state index >= 15 is 0 Å². The van der Waals surface area contributed by atoms with Crippen molar-refractivity contribution in [1.29, 1.82) is 0 Å². The number of hydrogen-bond donors (Lipinski definition) is 2. The molecule has 3 aromatic carbocycles. The summed E-state index contributed by atoms with van der Waals surface area (Å²) in [7, 11) is 0. The van der Waals surface area contributed by atoms with Crippen LogP contribution in [0, 0.1) is 6.92 Å². The maximum Gasteiger partial charge on any atom is 0.250 e. The zero-order chi connectivity index (χ0) is 21.5. The summed E-state index contributed by atoms with van der Waals surface area (Å²) in [5, 5.41) is 4.75. The second-order valence-corrected chi connectivity index (χ2v) is 7.96. The monoisotopic (exact) mass is 430 g/mol. The average molecular weight is 431 g/mol. The number of aryl methyl sites for hydroxylation is 1. The van der Waals surface area contributed by atoms with Crippen molar-refractivity contribution in [3.8, 4) is 5.75 Å². The van der Waals surface area contributed by atoms with Crippen LogP contribution >= 0.6 is 11.8 Å². The lowest BCUT2D eigenvalue weighted by Crippen LogP contribution is -2.19. The average Bonchev–Trinajstić information content (AvgIpc) is 3.20. The van der Waals surface area contributed by atoms with Crippen LogP contribution in [0.15, 0.2) is 83.1 Å². The molecule has 0 aliphatic rings. The van der Waals surface area contributed by atoms with E-state index in [9.17, 15) is 4.79 Å². The lowest BCUT2D eigenvalue weighted by Gasteiger charge is -2.07. The highest BCUT2D eigenvalue weighted by Crippen LogP contribution is 2.19. The van der Waals surface area contributed by atoms with Gasteiger partial charge in [-0.15, -0.1) is 0 Å². The van der Waals surface area contributed by atoms with Crippen molar-refractivity contribution in [3.05, 3.63) is 89.5 Å². The van der Waals surface area contributed by atoms with Crippen molar-refractivity contribution in [2.24, 2.45) is 5.10 Å². The number of benzene rings is 3. The zero-order valence-electron chi connectivity index (χ0n) is 17.0. The number of fused-ring (bicyclic) bond motifs is 1. The zero-order valence-corrected chi connectivity index (χ0v) is 17.9. The number of aromatic nitrogens is 2. The molecule has 1 aromatic heterocycles. The number of amides is 1. The van der Waals surface area contributed by atoms with Crippen molar-refractivity contribution in [2.75, 3.05) is 5.75 Å². The predicted molar refractivity (Wildman–Crippen MR) is 125 cm³/mol.